The number of carbonyl (C=O) groups is 1. The Kier molecular flexibility index (Phi) is 7.35. The van der Waals surface area contributed by atoms with Gasteiger partial charge in [0.25, 0.3) is 0 Å². The van der Waals surface area contributed by atoms with Crippen LogP contribution in [-0.4, -0.2) is 33.9 Å². The maximum Gasteiger partial charge on any atom is 0.308 e. The van der Waals surface area contributed by atoms with E-state index in [1.807, 2.05) is 79.5 Å². The van der Waals surface area contributed by atoms with Gasteiger partial charge in [-0.1, -0.05) is 75.4 Å². The first-order chi connectivity index (χ1) is 18.2. The number of rotatable bonds is 8. The Hall–Kier alpha value is -3.51. The van der Waals surface area contributed by atoms with E-state index in [1.54, 1.807) is 0 Å². The van der Waals surface area contributed by atoms with Gasteiger partial charge in [-0.25, -0.2) is 4.98 Å². The minimum atomic E-state index is -0.767. The minimum absolute atomic E-state index is 0.0119. The van der Waals surface area contributed by atoms with Crippen molar-refractivity contribution in [3.05, 3.63) is 102 Å². The molecule has 4 aromatic rings. The van der Waals surface area contributed by atoms with Crippen LogP contribution < -0.4 is 9.64 Å². The van der Waals surface area contributed by atoms with Crippen molar-refractivity contribution in [1.82, 2.24) is 4.98 Å². The molecule has 1 N–H and O–H groups in total. The molecule has 0 aliphatic carbocycles. The van der Waals surface area contributed by atoms with Crippen LogP contribution >= 0.6 is 11.8 Å². The Morgan fingerprint density at radius 3 is 2.50 bits per heavy atom. The van der Waals surface area contributed by atoms with Gasteiger partial charge in [-0.05, 0) is 47.9 Å². The first-order valence-corrected chi connectivity index (χ1v) is 13.9. The number of likely N-dealkylation sites (N-methyl/N-ethyl adjacent to an activating group) is 1. The maximum atomic E-state index is 12.7. The smallest absolute Gasteiger partial charge is 0.308 e. The van der Waals surface area contributed by atoms with Gasteiger partial charge in [0.1, 0.15) is 12.4 Å². The molecule has 0 radical (unpaired) electrons. The number of benzene rings is 3. The lowest BCUT2D eigenvalue weighted by molar-refractivity contribution is -0.142. The summed E-state index contributed by atoms with van der Waals surface area (Å²) in [4.78, 5) is 19.5. The third-order valence-corrected chi connectivity index (χ3v) is 8.49. The van der Waals surface area contributed by atoms with Gasteiger partial charge < -0.3 is 14.7 Å². The number of anilines is 1. The van der Waals surface area contributed by atoms with Gasteiger partial charge in [0.2, 0.25) is 0 Å². The van der Waals surface area contributed by atoms with Crippen LogP contribution in [0.3, 0.4) is 0 Å². The van der Waals surface area contributed by atoms with Crippen molar-refractivity contribution >= 4 is 34.3 Å². The van der Waals surface area contributed by atoms with E-state index in [9.17, 15) is 9.90 Å². The summed E-state index contributed by atoms with van der Waals surface area (Å²) in [6.45, 7) is 6.92. The lowest BCUT2D eigenvalue weighted by atomic mass is 9.89. The second-order valence-electron chi connectivity index (χ2n) is 10.9. The molecule has 3 atom stereocenters. The number of fused-ring (bicyclic) bond motifs is 2. The quantitative estimate of drug-likeness (QED) is 0.263. The number of para-hydroxylation sites is 1. The van der Waals surface area contributed by atoms with E-state index in [-0.39, 0.29) is 16.0 Å². The van der Waals surface area contributed by atoms with Crippen LogP contribution in [0.25, 0.3) is 10.9 Å². The van der Waals surface area contributed by atoms with Crippen molar-refractivity contribution in [2.75, 3.05) is 11.9 Å². The molecule has 38 heavy (non-hydrogen) atoms. The van der Waals surface area contributed by atoms with Gasteiger partial charge in [-0.3, -0.25) is 4.79 Å². The Morgan fingerprint density at radius 1 is 1.03 bits per heavy atom. The molecule has 1 aliphatic rings. The van der Waals surface area contributed by atoms with Gasteiger partial charge >= 0.3 is 5.97 Å². The minimum Gasteiger partial charge on any atom is -0.487 e. The summed E-state index contributed by atoms with van der Waals surface area (Å²) >= 11 is 1.83. The molecule has 0 fully saturated rings. The number of hydrogen-bond donors (Lipinski definition) is 1. The molecule has 5 rings (SSSR count). The highest BCUT2D eigenvalue weighted by Crippen LogP contribution is 2.53. The molecule has 5 nitrogen and oxygen atoms in total. The number of aromatic nitrogens is 1. The molecule has 0 saturated carbocycles. The Morgan fingerprint density at radius 2 is 1.76 bits per heavy atom. The zero-order valence-corrected chi connectivity index (χ0v) is 23.1. The van der Waals surface area contributed by atoms with E-state index in [4.69, 9.17) is 9.72 Å². The van der Waals surface area contributed by atoms with Crippen LogP contribution in [0.1, 0.15) is 42.8 Å². The van der Waals surface area contributed by atoms with Crippen molar-refractivity contribution in [2.45, 2.75) is 49.8 Å². The zero-order valence-electron chi connectivity index (χ0n) is 22.3. The lowest BCUT2D eigenvalue weighted by Gasteiger charge is -2.34. The van der Waals surface area contributed by atoms with E-state index in [2.05, 4.69) is 49.9 Å². The third-order valence-electron chi connectivity index (χ3n) is 6.99. The SMILES string of the molecule is CN1c2ccc(OCc3ccc4ccccc4n3)cc2C(SC(C)(C)C)C1C(Cc1ccccc1)C(=O)O. The van der Waals surface area contributed by atoms with E-state index in [1.165, 1.54) is 0 Å². The van der Waals surface area contributed by atoms with Crippen molar-refractivity contribution in [2.24, 2.45) is 5.92 Å². The number of pyridine rings is 1. The van der Waals surface area contributed by atoms with E-state index < -0.39 is 11.9 Å². The summed E-state index contributed by atoms with van der Waals surface area (Å²) in [6.07, 6.45) is 0.483. The van der Waals surface area contributed by atoms with Crippen LogP contribution in [0, 0.1) is 5.92 Å². The highest BCUT2D eigenvalue weighted by atomic mass is 32.2. The Balaban J connectivity index is 1.43. The van der Waals surface area contributed by atoms with Crippen LogP contribution in [0.15, 0.2) is 84.9 Å². The van der Waals surface area contributed by atoms with Gasteiger partial charge in [-0.2, -0.15) is 0 Å². The summed E-state index contributed by atoms with van der Waals surface area (Å²) in [5.74, 6) is -0.556. The number of thioether (sulfide) groups is 1. The van der Waals surface area contributed by atoms with Crippen molar-refractivity contribution in [1.29, 1.82) is 0 Å². The molecular weight excluding hydrogens is 492 g/mol. The normalized spacial score (nSPS) is 17.8. The molecule has 196 valence electrons. The molecule has 0 saturated heterocycles. The molecule has 0 spiro atoms. The fraction of sp³-hybridized carbons (Fsp3) is 0.312. The largest absolute Gasteiger partial charge is 0.487 e. The number of ether oxygens (including phenoxy) is 1. The van der Waals surface area contributed by atoms with Crippen LogP contribution in [0.5, 0.6) is 5.75 Å². The van der Waals surface area contributed by atoms with Gasteiger partial charge in [0.15, 0.2) is 0 Å². The topological polar surface area (TPSA) is 62.7 Å². The summed E-state index contributed by atoms with van der Waals surface area (Å²) < 4.78 is 6.16. The number of nitrogens with zero attached hydrogens (tertiary/aromatic N) is 2. The maximum absolute atomic E-state index is 12.7. The molecule has 3 aromatic carbocycles. The number of carboxylic acids is 1. The molecule has 2 heterocycles. The predicted molar refractivity (Wildman–Crippen MR) is 156 cm³/mol. The van der Waals surface area contributed by atoms with Gasteiger partial charge in [0, 0.05) is 22.9 Å². The molecule has 1 aliphatic heterocycles. The monoisotopic (exact) mass is 526 g/mol. The fourth-order valence-electron chi connectivity index (χ4n) is 5.28. The lowest BCUT2D eigenvalue weighted by Crippen LogP contribution is -2.42. The molecule has 6 heteroatoms. The molecule has 0 amide bonds. The highest BCUT2D eigenvalue weighted by molar-refractivity contribution is 8.00. The molecule has 1 aromatic heterocycles. The first-order valence-electron chi connectivity index (χ1n) is 13.0. The second-order valence-corrected chi connectivity index (χ2v) is 12.9. The fourth-order valence-corrected chi connectivity index (χ4v) is 6.87. The van der Waals surface area contributed by atoms with Crippen molar-refractivity contribution in [3.8, 4) is 5.75 Å². The summed E-state index contributed by atoms with van der Waals surface area (Å²) in [7, 11) is 2.02. The van der Waals surface area contributed by atoms with E-state index in [0.29, 0.717) is 13.0 Å². The standard InChI is InChI=1S/C32H34N2O3S/c1-32(2,3)38-30-25-19-24(37-20-23-15-14-22-12-8-9-13-27(22)33-23)16-17-28(25)34(4)29(30)26(31(35)36)18-21-10-6-5-7-11-21/h5-17,19,26,29-30H,18,20H2,1-4H3,(H,35,36). The van der Waals surface area contributed by atoms with Crippen molar-refractivity contribution < 1.29 is 14.6 Å². The summed E-state index contributed by atoms with van der Waals surface area (Å²) in [5, 5.41) is 11.5. The number of carboxylic acid groups (broad SMARTS) is 1. The average molecular weight is 527 g/mol. The molecule has 3 unspecified atom stereocenters. The zero-order chi connectivity index (χ0) is 26.9. The Labute approximate surface area is 228 Å². The first kappa shape index (κ1) is 26.1. The molecular formula is C32H34N2O3S. The highest BCUT2D eigenvalue weighted by Gasteiger charge is 2.46. The van der Waals surface area contributed by atoms with Crippen molar-refractivity contribution in [3.63, 3.8) is 0 Å². The van der Waals surface area contributed by atoms with Crippen LogP contribution in [-0.2, 0) is 17.8 Å². The summed E-state index contributed by atoms with van der Waals surface area (Å²) in [5.41, 5.74) is 5.05. The van der Waals surface area contributed by atoms with E-state index >= 15 is 0 Å². The second kappa shape index (κ2) is 10.7. The number of hydrogen-bond acceptors (Lipinski definition) is 5. The van der Waals surface area contributed by atoms with Gasteiger partial charge in [-0.15, -0.1) is 11.8 Å². The predicted octanol–water partition coefficient (Wildman–Crippen LogP) is 7.15. The van der Waals surface area contributed by atoms with Crippen LogP contribution in [0.2, 0.25) is 0 Å². The summed E-state index contributed by atoms with van der Waals surface area (Å²) in [6, 6.07) is 28.0. The van der Waals surface area contributed by atoms with Gasteiger partial charge in [0.05, 0.1) is 28.4 Å². The van der Waals surface area contributed by atoms with E-state index in [0.717, 1.165) is 39.2 Å². The third kappa shape index (κ3) is 5.65. The number of aliphatic carboxylic acids is 1. The van der Waals surface area contributed by atoms with Crippen LogP contribution in [0.4, 0.5) is 5.69 Å². The molecule has 0 bridgehead atoms. The Bertz CT molecular complexity index is 1430. The average Bonchev–Trinajstić information content (AvgIpc) is 3.15.